The highest BCUT2D eigenvalue weighted by atomic mass is 16.5. The first-order valence-corrected chi connectivity index (χ1v) is 6.15. The number of para-hydroxylation sites is 1. The van der Waals surface area contributed by atoms with E-state index in [9.17, 15) is 0 Å². The van der Waals surface area contributed by atoms with Crippen molar-refractivity contribution >= 4 is 0 Å². The minimum Gasteiger partial charge on any atom is -0.493 e. The standard InChI is InChI=1S/C14H20N2O/c1-3-12-7-5-6-8-14(12)17-10-9-13(11-15)16-4-2/h5-8,13,16H,3-4,9-10H2,1-2H3. The second kappa shape index (κ2) is 7.70. The number of aryl methyl sites for hydroxylation is 1. The molecule has 0 bridgehead atoms. The summed E-state index contributed by atoms with van der Waals surface area (Å²) in [6.07, 6.45) is 1.67. The van der Waals surface area contributed by atoms with Gasteiger partial charge < -0.3 is 10.1 Å². The molecule has 1 rings (SSSR count). The Morgan fingerprint density at radius 2 is 2.12 bits per heavy atom. The second-order valence-corrected chi connectivity index (χ2v) is 3.84. The van der Waals surface area contributed by atoms with E-state index in [0.717, 1.165) is 18.7 Å². The van der Waals surface area contributed by atoms with Crippen molar-refractivity contribution in [1.82, 2.24) is 5.32 Å². The molecule has 0 aromatic heterocycles. The summed E-state index contributed by atoms with van der Waals surface area (Å²) in [7, 11) is 0. The lowest BCUT2D eigenvalue weighted by atomic mass is 10.1. The fourth-order valence-corrected chi connectivity index (χ4v) is 1.68. The fraction of sp³-hybridized carbons (Fsp3) is 0.500. The van der Waals surface area contributed by atoms with Crippen molar-refractivity contribution in [2.24, 2.45) is 0 Å². The van der Waals surface area contributed by atoms with Gasteiger partial charge in [-0.1, -0.05) is 32.0 Å². The Hall–Kier alpha value is -1.53. The molecule has 0 aliphatic rings. The van der Waals surface area contributed by atoms with E-state index in [1.165, 1.54) is 5.56 Å². The number of benzene rings is 1. The number of nitrogens with one attached hydrogen (secondary N) is 1. The van der Waals surface area contributed by atoms with Gasteiger partial charge in [-0.15, -0.1) is 0 Å². The maximum absolute atomic E-state index is 8.89. The van der Waals surface area contributed by atoms with Crippen molar-refractivity contribution < 1.29 is 4.74 Å². The first-order valence-electron chi connectivity index (χ1n) is 6.15. The fourth-order valence-electron chi connectivity index (χ4n) is 1.68. The predicted molar refractivity (Wildman–Crippen MR) is 69.0 cm³/mol. The number of ether oxygens (including phenoxy) is 1. The molecule has 0 amide bonds. The molecule has 1 N–H and O–H groups in total. The van der Waals surface area contributed by atoms with Crippen LogP contribution in [-0.2, 0) is 6.42 Å². The summed E-state index contributed by atoms with van der Waals surface area (Å²) in [6, 6.07) is 10.1. The molecule has 1 aromatic carbocycles. The number of nitrogens with zero attached hydrogens (tertiary/aromatic N) is 1. The summed E-state index contributed by atoms with van der Waals surface area (Å²) < 4.78 is 5.72. The first kappa shape index (κ1) is 13.5. The summed E-state index contributed by atoms with van der Waals surface area (Å²) in [5.74, 6) is 0.934. The van der Waals surface area contributed by atoms with Crippen LogP contribution in [-0.4, -0.2) is 19.2 Å². The van der Waals surface area contributed by atoms with E-state index in [2.05, 4.69) is 24.4 Å². The molecule has 0 radical (unpaired) electrons. The molecular formula is C14H20N2O. The molecule has 0 fully saturated rings. The van der Waals surface area contributed by atoms with Crippen molar-refractivity contribution in [3.05, 3.63) is 29.8 Å². The number of rotatable bonds is 7. The molecule has 0 aliphatic heterocycles. The van der Waals surface area contributed by atoms with Gasteiger partial charge in [0, 0.05) is 6.42 Å². The summed E-state index contributed by atoms with van der Waals surface area (Å²) in [6.45, 7) is 5.49. The van der Waals surface area contributed by atoms with Crippen molar-refractivity contribution in [2.45, 2.75) is 32.7 Å². The van der Waals surface area contributed by atoms with Crippen LogP contribution in [0.2, 0.25) is 0 Å². The Bertz CT molecular complexity index is 371. The molecule has 3 heteroatoms. The molecule has 1 unspecified atom stereocenters. The Morgan fingerprint density at radius 1 is 1.35 bits per heavy atom. The quantitative estimate of drug-likeness (QED) is 0.785. The maximum Gasteiger partial charge on any atom is 0.122 e. The average Bonchev–Trinajstić information content (AvgIpc) is 2.38. The van der Waals surface area contributed by atoms with E-state index in [1.54, 1.807) is 0 Å². The van der Waals surface area contributed by atoms with Crippen LogP contribution in [0.5, 0.6) is 5.75 Å². The lowest BCUT2D eigenvalue weighted by Gasteiger charge is -2.12. The third-order valence-electron chi connectivity index (χ3n) is 2.62. The molecular weight excluding hydrogens is 212 g/mol. The number of hydrogen-bond acceptors (Lipinski definition) is 3. The maximum atomic E-state index is 8.89. The molecule has 0 aliphatic carbocycles. The van der Waals surface area contributed by atoms with Gasteiger partial charge in [0.15, 0.2) is 0 Å². The molecule has 0 saturated heterocycles. The smallest absolute Gasteiger partial charge is 0.122 e. The topological polar surface area (TPSA) is 45.0 Å². The van der Waals surface area contributed by atoms with Gasteiger partial charge in [0.2, 0.25) is 0 Å². The van der Waals surface area contributed by atoms with Crippen LogP contribution in [0.1, 0.15) is 25.8 Å². The normalized spacial score (nSPS) is 11.8. The van der Waals surface area contributed by atoms with E-state index in [-0.39, 0.29) is 6.04 Å². The lowest BCUT2D eigenvalue weighted by Crippen LogP contribution is -2.28. The SMILES string of the molecule is CCNC(C#N)CCOc1ccccc1CC. The summed E-state index contributed by atoms with van der Waals surface area (Å²) in [4.78, 5) is 0. The van der Waals surface area contributed by atoms with Crippen LogP contribution in [0.25, 0.3) is 0 Å². The molecule has 0 saturated carbocycles. The third-order valence-corrected chi connectivity index (χ3v) is 2.62. The van der Waals surface area contributed by atoms with Crippen molar-refractivity contribution in [3.8, 4) is 11.8 Å². The van der Waals surface area contributed by atoms with Crippen molar-refractivity contribution in [3.63, 3.8) is 0 Å². The van der Waals surface area contributed by atoms with Gasteiger partial charge in [0.25, 0.3) is 0 Å². The zero-order valence-corrected chi connectivity index (χ0v) is 10.6. The Balaban J connectivity index is 2.42. The Kier molecular flexibility index (Phi) is 6.13. The molecule has 3 nitrogen and oxygen atoms in total. The van der Waals surface area contributed by atoms with Gasteiger partial charge in [-0.25, -0.2) is 0 Å². The van der Waals surface area contributed by atoms with Gasteiger partial charge in [-0.05, 0) is 24.6 Å². The molecule has 1 aromatic rings. The number of hydrogen-bond donors (Lipinski definition) is 1. The van der Waals surface area contributed by atoms with E-state index in [1.807, 2.05) is 25.1 Å². The zero-order valence-electron chi connectivity index (χ0n) is 10.6. The minimum atomic E-state index is -0.117. The second-order valence-electron chi connectivity index (χ2n) is 3.84. The largest absolute Gasteiger partial charge is 0.493 e. The van der Waals surface area contributed by atoms with Crippen LogP contribution in [0, 0.1) is 11.3 Å². The van der Waals surface area contributed by atoms with E-state index in [4.69, 9.17) is 10.00 Å². The zero-order chi connectivity index (χ0) is 12.5. The molecule has 17 heavy (non-hydrogen) atoms. The van der Waals surface area contributed by atoms with Crippen LogP contribution < -0.4 is 10.1 Å². The Labute approximate surface area is 103 Å². The average molecular weight is 232 g/mol. The van der Waals surface area contributed by atoms with Crippen LogP contribution in [0.4, 0.5) is 0 Å². The Morgan fingerprint density at radius 3 is 2.76 bits per heavy atom. The highest BCUT2D eigenvalue weighted by Crippen LogP contribution is 2.18. The minimum absolute atomic E-state index is 0.117. The summed E-state index contributed by atoms with van der Waals surface area (Å²) in [5.41, 5.74) is 1.21. The molecule has 0 heterocycles. The third kappa shape index (κ3) is 4.46. The number of nitriles is 1. The van der Waals surface area contributed by atoms with E-state index < -0.39 is 0 Å². The van der Waals surface area contributed by atoms with Crippen molar-refractivity contribution in [1.29, 1.82) is 5.26 Å². The van der Waals surface area contributed by atoms with Gasteiger partial charge in [0.1, 0.15) is 5.75 Å². The predicted octanol–water partition coefficient (Wildman–Crippen LogP) is 2.52. The highest BCUT2D eigenvalue weighted by molar-refractivity contribution is 5.33. The highest BCUT2D eigenvalue weighted by Gasteiger charge is 2.06. The van der Waals surface area contributed by atoms with E-state index >= 15 is 0 Å². The lowest BCUT2D eigenvalue weighted by molar-refractivity contribution is 0.296. The first-order chi connectivity index (χ1) is 8.31. The van der Waals surface area contributed by atoms with Gasteiger partial charge in [-0.3, -0.25) is 0 Å². The molecule has 1 atom stereocenters. The molecule has 0 spiro atoms. The monoisotopic (exact) mass is 232 g/mol. The van der Waals surface area contributed by atoms with Crippen LogP contribution in [0.3, 0.4) is 0 Å². The van der Waals surface area contributed by atoms with Gasteiger partial charge >= 0.3 is 0 Å². The van der Waals surface area contributed by atoms with E-state index in [0.29, 0.717) is 13.0 Å². The summed E-state index contributed by atoms with van der Waals surface area (Å²) >= 11 is 0. The van der Waals surface area contributed by atoms with Crippen LogP contribution >= 0.6 is 0 Å². The van der Waals surface area contributed by atoms with Crippen LogP contribution in [0.15, 0.2) is 24.3 Å². The van der Waals surface area contributed by atoms with Gasteiger partial charge in [-0.2, -0.15) is 5.26 Å². The summed E-state index contributed by atoms with van der Waals surface area (Å²) in [5, 5.41) is 12.0. The van der Waals surface area contributed by atoms with Gasteiger partial charge in [0.05, 0.1) is 18.7 Å². The van der Waals surface area contributed by atoms with Crippen molar-refractivity contribution in [2.75, 3.05) is 13.2 Å². The molecule has 92 valence electrons.